The van der Waals surface area contributed by atoms with Gasteiger partial charge in [0.1, 0.15) is 23.0 Å². The average Bonchev–Trinajstić information content (AvgIpc) is 1.16. The van der Waals surface area contributed by atoms with E-state index in [0.29, 0.717) is 23.7 Å². The van der Waals surface area contributed by atoms with Gasteiger partial charge in [-0.3, -0.25) is 0 Å². The number of rotatable bonds is 11. The molecule has 1 aromatic heterocycles. The van der Waals surface area contributed by atoms with Crippen LogP contribution in [0.15, 0.2) is 206 Å². The predicted octanol–water partition coefficient (Wildman–Crippen LogP) is 18.4. The number of hydrogen-bond donors (Lipinski definition) is 0. The molecule has 88 heavy (non-hydrogen) atoms. The van der Waals surface area contributed by atoms with Gasteiger partial charge in [0.15, 0.2) is 0 Å². The summed E-state index contributed by atoms with van der Waals surface area (Å²) in [7, 11) is 0. The maximum absolute atomic E-state index is 7.89. The lowest BCUT2D eigenvalue weighted by atomic mass is 9.31. The van der Waals surface area contributed by atoms with E-state index in [9.17, 15) is 0 Å². The molecule has 0 bridgehead atoms. The second-order valence-electron chi connectivity index (χ2n) is 26.5. The quantitative estimate of drug-likeness (QED) is 0.121. The smallest absolute Gasteiger partial charge is 0.256 e. The summed E-state index contributed by atoms with van der Waals surface area (Å²) < 4.78 is 18.4. The molecule has 0 atom stereocenters. The van der Waals surface area contributed by atoms with Crippen LogP contribution in [0, 0.1) is 0 Å². The molecule has 0 aliphatic carbocycles. The van der Waals surface area contributed by atoms with Gasteiger partial charge in [-0.15, -0.1) is 0 Å². The van der Waals surface area contributed by atoms with E-state index in [2.05, 4.69) is 285 Å². The fourth-order valence-corrected chi connectivity index (χ4v) is 14.9. The number of benzene rings is 11. The zero-order chi connectivity index (χ0) is 60.0. The highest BCUT2D eigenvalue weighted by atomic mass is 16.5. The van der Waals surface area contributed by atoms with Crippen LogP contribution in [0.1, 0.15) is 126 Å². The van der Waals surface area contributed by atoms with Gasteiger partial charge in [0.05, 0.1) is 16.9 Å². The summed E-state index contributed by atoms with van der Waals surface area (Å²) in [6.07, 6.45) is 1.81. The largest absolute Gasteiger partial charge is 0.456 e. The number of aromatic nitrogens is 1. The van der Waals surface area contributed by atoms with Crippen molar-refractivity contribution in [2.75, 3.05) is 4.90 Å². The highest BCUT2D eigenvalue weighted by molar-refractivity contribution is 7.02. The van der Waals surface area contributed by atoms with Crippen LogP contribution in [-0.2, 0) is 12.8 Å². The van der Waals surface area contributed by atoms with Gasteiger partial charge in [0.25, 0.3) is 13.4 Å². The molecule has 11 aromatic carbocycles. The van der Waals surface area contributed by atoms with Crippen LogP contribution >= 0.6 is 0 Å². The zero-order valence-electron chi connectivity index (χ0n) is 52.2. The Morgan fingerprint density at radius 3 is 1.25 bits per heavy atom. The minimum atomic E-state index is -0.208. The second-order valence-corrected chi connectivity index (χ2v) is 26.5. The van der Waals surface area contributed by atoms with Crippen LogP contribution in [0.5, 0.6) is 23.0 Å². The van der Waals surface area contributed by atoms with Crippen molar-refractivity contribution in [3.63, 3.8) is 0 Å². The summed E-state index contributed by atoms with van der Waals surface area (Å²) in [5.41, 5.74) is 31.2. The summed E-state index contributed by atoms with van der Waals surface area (Å²) in [5, 5.41) is 2.44. The topological polar surface area (TPSA) is 26.6 Å². The Morgan fingerprint density at radius 2 is 0.750 bits per heavy atom. The average molecular weight is 1140 g/mol. The van der Waals surface area contributed by atoms with Crippen LogP contribution in [0.2, 0.25) is 0 Å². The van der Waals surface area contributed by atoms with Crippen molar-refractivity contribution in [1.82, 2.24) is 4.57 Å². The van der Waals surface area contributed by atoms with Crippen molar-refractivity contribution >= 4 is 85.1 Å². The van der Waals surface area contributed by atoms with Crippen molar-refractivity contribution < 1.29 is 9.47 Å². The van der Waals surface area contributed by atoms with Crippen LogP contribution in [0.3, 0.4) is 0 Å². The maximum Gasteiger partial charge on any atom is 0.256 e. The zero-order valence-corrected chi connectivity index (χ0v) is 52.2. The van der Waals surface area contributed by atoms with Crippen LogP contribution in [0.4, 0.5) is 17.1 Å². The highest BCUT2D eigenvalue weighted by Crippen LogP contribution is 2.52. The van der Waals surface area contributed by atoms with E-state index in [1.807, 2.05) is 0 Å². The monoisotopic (exact) mass is 1140 g/mol. The molecule has 0 amide bonds. The Labute approximate surface area is 519 Å². The number of fused-ring (bicyclic) bond motifs is 13. The summed E-state index contributed by atoms with van der Waals surface area (Å²) >= 11 is 0. The molecular weight excluding hydrogens is 1070 g/mol. The molecule has 0 saturated heterocycles. The van der Waals surface area contributed by atoms with E-state index in [0.717, 1.165) is 75.0 Å². The first kappa shape index (κ1) is 54.2. The molecule has 16 rings (SSSR count). The van der Waals surface area contributed by atoms with Crippen molar-refractivity contribution in [1.29, 1.82) is 0 Å². The Morgan fingerprint density at radius 1 is 0.352 bits per heavy atom. The van der Waals surface area contributed by atoms with Crippen molar-refractivity contribution in [3.05, 3.63) is 240 Å². The summed E-state index contributed by atoms with van der Waals surface area (Å²) in [6.45, 7) is 22.3. The summed E-state index contributed by atoms with van der Waals surface area (Å²) in [6, 6.07) is 79.4. The Balaban J connectivity index is 1.03. The molecule has 4 aliphatic heterocycles. The lowest BCUT2D eigenvalue weighted by Crippen LogP contribution is -2.63. The number of hydrogen-bond acceptors (Lipinski definition) is 3. The van der Waals surface area contributed by atoms with E-state index in [1.54, 1.807) is 0 Å². The molecule has 4 nitrogen and oxygen atoms in total. The van der Waals surface area contributed by atoms with E-state index in [1.165, 1.54) is 116 Å². The molecule has 0 saturated carbocycles. The fraction of sp³-hybridized carbons (Fsp3) is 0.195. The molecule has 4 aliphatic rings. The van der Waals surface area contributed by atoms with Gasteiger partial charge in [0, 0.05) is 38.6 Å². The summed E-state index contributed by atoms with van der Waals surface area (Å²) in [4.78, 5) is 2.53. The Kier molecular flexibility index (Phi) is 12.7. The van der Waals surface area contributed by atoms with Crippen molar-refractivity contribution in [2.24, 2.45) is 0 Å². The number of anilines is 3. The van der Waals surface area contributed by atoms with E-state index in [4.69, 9.17) is 9.47 Å². The number of ether oxygens (including phenoxy) is 2. The minimum absolute atomic E-state index is 0.206. The van der Waals surface area contributed by atoms with Gasteiger partial charge in [0.2, 0.25) is 0 Å². The third-order valence-electron chi connectivity index (χ3n) is 20.0. The molecule has 0 spiro atoms. The highest BCUT2D eigenvalue weighted by Gasteiger charge is 2.51. The lowest BCUT2D eigenvalue weighted by molar-refractivity contribution is 0.474. The first-order chi connectivity index (χ1) is 42.8. The van der Waals surface area contributed by atoms with Crippen LogP contribution < -0.4 is 47.2 Å². The van der Waals surface area contributed by atoms with Gasteiger partial charge in [-0.1, -0.05) is 227 Å². The Bertz CT molecular complexity index is 4800. The van der Waals surface area contributed by atoms with E-state index in [-0.39, 0.29) is 13.4 Å². The van der Waals surface area contributed by atoms with Crippen LogP contribution in [-0.4, -0.2) is 18.0 Å². The lowest BCUT2D eigenvalue weighted by Gasteiger charge is -2.45. The van der Waals surface area contributed by atoms with E-state index >= 15 is 0 Å². The van der Waals surface area contributed by atoms with Crippen molar-refractivity contribution in [2.45, 2.75) is 106 Å². The third-order valence-corrected chi connectivity index (χ3v) is 20.0. The normalized spacial score (nSPS) is 13.3. The Hall–Kier alpha value is -9.25. The SMILES string of the molecule is CCc1ccc2c(c1)B1c3cc(-c4ccc(C(C)C)cc4)ccc3N(c3ccc(-c4ccc(C(C)C)cc4)cc3)c3c4c5c(c(c31)O2)-n1c2ccc(-c3ccc(C(C)C)cc3)cc2c2cc(-c3ccc(C(C)C)cc3)cc(c21)B5c1cc(CC)ccc1O4. The number of aryl methyl sites for hydroxylation is 2. The third kappa shape index (κ3) is 8.42. The molecule has 12 aromatic rings. The molecule has 0 N–H and O–H groups in total. The predicted molar refractivity (Wildman–Crippen MR) is 375 cm³/mol. The van der Waals surface area contributed by atoms with Gasteiger partial charge in [-0.25, -0.2) is 0 Å². The molecule has 0 unspecified atom stereocenters. The standard InChI is InChI=1S/C82H72B2N2O2/c1-11-51-13-39-74-69(41-51)83-68-45-63(60-27-19-55(20-28-60)49(7)8)34-38-73(68)85(65-35-31-58(32-36-65)57-23-15-53(16-24-57)47(3)4)79-76(83)82(88-74)80-77-81(79)87-75-40-14-52(12-2)42-70(75)84(77)71-46-64(61-29-21-56(22-30-61)50(9)10)44-67-66-43-62(33-37-72(66)86(80)78(67)71)59-25-17-54(18-26-59)48(5)6/h13-50H,11-12H2,1-10H3. The maximum atomic E-state index is 7.89. The minimum Gasteiger partial charge on any atom is -0.456 e. The van der Waals surface area contributed by atoms with Gasteiger partial charge in [-0.05, 0) is 185 Å². The number of nitrogens with zero attached hydrogens (tertiary/aromatic N) is 2. The fourth-order valence-electron chi connectivity index (χ4n) is 14.9. The first-order valence-corrected chi connectivity index (χ1v) is 32.2. The second kappa shape index (κ2) is 20.7. The molecule has 428 valence electrons. The molecule has 0 fully saturated rings. The van der Waals surface area contributed by atoms with Gasteiger partial charge < -0.3 is 18.9 Å². The van der Waals surface area contributed by atoms with Crippen molar-refractivity contribution in [3.8, 4) is 73.2 Å². The molecular formula is C82H72B2N2O2. The first-order valence-electron chi connectivity index (χ1n) is 32.2. The van der Waals surface area contributed by atoms with Gasteiger partial charge in [-0.2, -0.15) is 0 Å². The van der Waals surface area contributed by atoms with Crippen LogP contribution in [0.25, 0.3) is 72.0 Å². The van der Waals surface area contributed by atoms with Gasteiger partial charge >= 0.3 is 0 Å². The molecule has 0 radical (unpaired) electrons. The molecule has 6 heteroatoms. The summed E-state index contributed by atoms with van der Waals surface area (Å²) in [5.74, 6) is 5.31. The molecule has 5 heterocycles. The van der Waals surface area contributed by atoms with E-state index < -0.39 is 0 Å².